The maximum atomic E-state index is 13.4. The number of aliphatic hydroxyl groups excluding tert-OH is 1. The zero-order chi connectivity index (χ0) is 22.4. The average molecular weight is 426 g/mol. The summed E-state index contributed by atoms with van der Waals surface area (Å²) in [6.45, 7) is 7.43. The third kappa shape index (κ3) is 6.05. The van der Waals surface area contributed by atoms with Gasteiger partial charge in [0.25, 0.3) is 0 Å². The molecule has 1 saturated heterocycles. The van der Waals surface area contributed by atoms with E-state index in [2.05, 4.69) is 14.9 Å². The Morgan fingerprint density at radius 2 is 1.81 bits per heavy atom. The Bertz CT molecular complexity index is 888. The Kier molecular flexibility index (Phi) is 8.04. The maximum absolute atomic E-state index is 13.4. The number of hydrogen-bond donors (Lipinski definition) is 1. The highest BCUT2D eigenvalue weighted by atomic mass is 19.1. The number of alkyl halides is 1. The molecule has 31 heavy (non-hydrogen) atoms. The molecule has 1 fully saturated rings. The van der Waals surface area contributed by atoms with Crippen LogP contribution in [0, 0.1) is 0 Å². The first-order valence-electron chi connectivity index (χ1n) is 11.1. The van der Waals surface area contributed by atoms with Gasteiger partial charge in [-0.2, -0.15) is 0 Å². The van der Waals surface area contributed by atoms with Gasteiger partial charge in [-0.3, -0.25) is 19.7 Å². The van der Waals surface area contributed by atoms with Gasteiger partial charge >= 0.3 is 0 Å². The van der Waals surface area contributed by atoms with Crippen LogP contribution in [0.3, 0.4) is 0 Å². The highest BCUT2D eigenvalue weighted by Gasteiger charge is 2.20. The molecule has 1 aliphatic rings. The normalized spacial score (nSPS) is 18.0. The fraction of sp³-hybridized carbons (Fsp3) is 0.480. The van der Waals surface area contributed by atoms with E-state index < -0.39 is 12.3 Å². The Morgan fingerprint density at radius 3 is 2.35 bits per heavy atom. The lowest BCUT2D eigenvalue weighted by Gasteiger charge is -2.20. The first-order valence-corrected chi connectivity index (χ1v) is 11.1. The number of Topliss-reactive ketones (excluding diaryl/α,β-unsaturated/α-hetero) is 1. The van der Waals surface area contributed by atoms with Gasteiger partial charge in [-0.15, -0.1) is 0 Å². The van der Waals surface area contributed by atoms with E-state index in [1.807, 2.05) is 37.3 Å². The second kappa shape index (κ2) is 10.7. The number of hydrogen-bond acceptors (Lipinski definition) is 5. The number of carbonyl (C=O) groups excluding carboxylic acids is 1. The van der Waals surface area contributed by atoms with Crippen molar-refractivity contribution >= 4 is 11.5 Å². The van der Waals surface area contributed by atoms with Crippen molar-refractivity contribution in [2.75, 3.05) is 19.6 Å². The standard InChI is InChI=1S/C25H32FN3O2/c1-4-22(28-18(3)17(2)26)25(31)20-9-7-19(8-10-20)21-11-12-23(27-15-21)24(30)16-29-13-5-6-14-29/h7-12,15,17,22,25,31H,4-6,13-14,16H2,1-3H3/t17?,22-,25-/m1/s1. The van der Waals surface area contributed by atoms with Crippen molar-refractivity contribution < 1.29 is 14.3 Å². The second-order valence-electron chi connectivity index (χ2n) is 8.27. The summed E-state index contributed by atoms with van der Waals surface area (Å²) in [5.74, 6) is 0.0518. The third-order valence-electron chi connectivity index (χ3n) is 5.93. The fourth-order valence-corrected chi connectivity index (χ4v) is 3.80. The van der Waals surface area contributed by atoms with Crippen LogP contribution in [0.1, 0.15) is 62.2 Å². The molecule has 166 valence electrons. The molecule has 1 aliphatic heterocycles. The van der Waals surface area contributed by atoms with E-state index in [1.54, 1.807) is 19.2 Å². The zero-order valence-electron chi connectivity index (χ0n) is 18.6. The van der Waals surface area contributed by atoms with Crippen molar-refractivity contribution in [1.29, 1.82) is 0 Å². The van der Waals surface area contributed by atoms with E-state index in [-0.39, 0.29) is 11.8 Å². The average Bonchev–Trinajstić information content (AvgIpc) is 3.30. The first kappa shape index (κ1) is 23.2. The van der Waals surface area contributed by atoms with E-state index in [0.29, 0.717) is 24.4 Å². The van der Waals surface area contributed by atoms with E-state index in [1.165, 1.54) is 6.92 Å². The molecule has 0 amide bonds. The van der Waals surface area contributed by atoms with Crippen molar-refractivity contribution in [1.82, 2.24) is 9.88 Å². The van der Waals surface area contributed by atoms with Crippen molar-refractivity contribution in [3.05, 3.63) is 53.9 Å². The van der Waals surface area contributed by atoms with E-state index in [4.69, 9.17) is 0 Å². The summed E-state index contributed by atoms with van der Waals surface area (Å²) >= 11 is 0. The number of aliphatic hydroxyl groups is 1. The van der Waals surface area contributed by atoms with Gasteiger partial charge in [0.2, 0.25) is 0 Å². The van der Waals surface area contributed by atoms with Crippen LogP contribution in [0.5, 0.6) is 0 Å². The van der Waals surface area contributed by atoms with Crippen molar-refractivity contribution in [2.45, 2.75) is 58.4 Å². The molecular weight excluding hydrogens is 393 g/mol. The van der Waals surface area contributed by atoms with E-state index >= 15 is 0 Å². The van der Waals surface area contributed by atoms with Gasteiger partial charge in [0.1, 0.15) is 18.0 Å². The van der Waals surface area contributed by atoms with Gasteiger partial charge in [-0.05, 0) is 63.4 Å². The topological polar surface area (TPSA) is 65.8 Å². The molecule has 3 rings (SSSR count). The molecule has 1 unspecified atom stereocenters. The van der Waals surface area contributed by atoms with Crippen LogP contribution in [0.2, 0.25) is 0 Å². The Morgan fingerprint density at radius 1 is 1.16 bits per heavy atom. The lowest BCUT2D eigenvalue weighted by molar-refractivity contribution is 0.0940. The van der Waals surface area contributed by atoms with Crippen LogP contribution >= 0.6 is 0 Å². The van der Waals surface area contributed by atoms with E-state index in [0.717, 1.165) is 42.6 Å². The highest BCUT2D eigenvalue weighted by Crippen LogP contribution is 2.26. The lowest BCUT2D eigenvalue weighted by atomic mass is 9.97. The number of benzene rings is 1. The minimum absolute atomic E-state index is 0.0518. The largest absolute Gasteiger partial charge is 0.386 e. The quantitative estimate of drug-likeness (QED) is 0.469. The molecule has 0 radical (unpaired) electrons. The Hall–Kier alpha value is -2.44. The number of nitrogens with zero attached hydrogens (tertiary/aromatic N) is 3. The summed E-state index contributed by atoms with van der Waals surface area (Å²) in [6.07, 6.45) is 2.73. The van der Waals surface area contributed by atoms with Gasteiger partial charge in [-0.1, -0.05) is 37.3 Å². The summed E-state index contributed by atoms with van der Waals surface area (Å²) in [5, 5.41) is 10.7. The molecule has 0 aliphatic carbocycles. The molecule has 0 spiro atoms. The number of carbonyl (C=O) groups is 1. The molecule has 2 aromatic rings. The number of ketones is 1. The molecule has 0 saturated carbocycles. The summed E-state index contributed by atoms with van der Waals surface area (Å²) in [4.78, 5) is 23.3. The van der Waals surface area contributed by atoms with Crippen LogP contribution in [0.15, 0.2) is 47.6 Å². The third-order valence-corrected chi connectivity index (χ3v) is 5.93. The molecule has 2 heterocycles. The summed E-state index contributed by atoms with van der Waals surface area (Å²) in [5.41, 5.74) is 3.49. The summed E-state index contributed by atoms with van der Waals surface area (Å²) < 4.78 is 13.4. The number of pyridine rings is 1. The number of halogens is 1. The second-order valence-corrected chi connectivity index (χ2v) is 8.27. The fourth-order valence-electron chi connectivity index (χ4n) is 3.80. The number of aliphatic imine (C=N–C) groups is 1. The van der Waals surface area contributed by atoms with Gasteiger partial charge in [0.15, 0.2) is 5.78 Å². The highest BCUT2D eigenvalue weighted by molar-refractivity contribution is 5.96. The molecule has 6 heteroatoms. The first-order chi connectivity index (χ1) is 14.9. The van der Waals surface area contributed by atoms with Crippen LogP contribution in [-0.4, -0.2) is 58.3 Å². The molecule has 1 aromatic carbocycles. The van der Waals surface area contributed by atoms with Crippen LogP contribution < -0.4 is 0 Å². The predicted octanol–water partition coefficient (Wildman–Crippen LogP) is 4.66. The molecular formula is C25H32FN3O2. The van der Waals surface area contributed by atoms with Crippen molar-refractivity contribution in [3.63, 3.8) is 0 Å². The monoisotopic (exact) mass is 425 g/mol. The zero-order valence-corrected chi connectivity index (χ0v) is 18.6. The SMILES string of the molecule is CC[C@@H](N=C(C)C(C)F)[C@H](O)c1ccc(-c2ccc(C(=O)CN3CCCC3)nc2)cc1. The lowest BCUT2D eigenvalue weighted by Crippen LogP contribution is -2.27. The molecule has 3 atom stereocenters. The van der Waals surface area contributed by atoms with Crippen molar-refractivity contribution in [3.8, 4) is 11.1 Å². The Balaban J connectivity index is 1.67. The molecule has 0 bridgehead atoms. The summed E-state index contributed by atoms with van der Waals surface area (Å²) in [6, 6.07) is 10.9. The number of likely N-dealkylation sites (tertiary alicyclic amines) is 1. The van der Waals surface area contributed by atoms with Crippen LogP contribution in [-0.2, 0) is 0 Å². The molecule has 5 nitrogen and oxygen atoms in total. The number of aromatic nitrogens is 1. The minimum atomic E-state index is -1.12. The van der Waals surface area contributed by atoms with Gasteiger partial charge in [0.05, 0.1) is 12.6 Å². The molecule has 1 N–H and O–H groups in total. The Labute approximate surface area is 184 Å². The van der Waals surface area contributed by atoms with Crippen LogP contribution in [0.4, 0.5) is 4.39 Å². The minimum Gasteiger partial charge on any atom is -0.386 e. The summed E-state index contributed by atoms with van der Waals surface area (Å²) in [7, 11) is 0. The van der Waals surface area contributed by atoms with Crippen molar-refractivity contribution in [2.24, 2.45) is 4.99 Å². The molecule has 1 aromatic heterocycles. The van der Waals surface area contributed by atoms with Gasteiger partial charge < -0.3 is 5.11 Å². The van der Waals surface area contributed by atoms with Gasteiger partial charge in [0, 0.05) is 17.5 Å². The predicted molar refractivity (Wildman–Crippen MR) is 122 cm³/mol. The number of rotatable bonds is 9. The maximum Gasteiger partial charge on any atom is 0.195 e. The smallest absolute Gasteiger partial charge is 0.195 e. The van der Waals surface area contributed by atoms with Gasteiger partial charge in [-0.25, -0.2) is 4.39 Å². The van der Waals surface area contributed by atoms with E-state index in [9.17, 15) is 14.3 Å². The van der Waals surface area contributed by atoms with Crippen LogP contribution in [0.25, 0.3) is 11.1 Å².